The van der Waals surface area contributed by atoms with Crippen molar-refractivity contribution in [2.24, 2.45) is 5.73 Å². The predicted octanol–water partition coefficient (Wildman–Crippen LogP) is 3.38. The average Bonchev–Trinajstić information content (AvgIpc) is 2.81. The van der Waals surface area contributed by atoms with Crippen LogP contribution in [-0.4, -0.2) is 20.7 Å². The number of thiophene rings is 1. The van der Waals surface area contributed by atoms with Crippen molar-refractivity contribution in [3.8, 4) is 5.75 Å². The molecule has 0 saturated carbocycles. The first-order chi connectivity index (χ1) is 9.77. The van der Waals surface area contributed by atoms with E-state index in [1.165, 1.54) is 18.4 Å². The summed E-state index contributed by atoms with van der Waals surface area (Å²) >= 11 is 4.99. The van der Waals surface area contributed by atoms with E-state index in [9.17, 15) is 8.42 Å². The highest BCUT2D eigenvalue weighted by Crippen LogP contribution is 2.32. The number of rotatable bonds is 5. The number of ether oxygens (including phenoxy) is 1. The maximum atomic E-state index is 11.4. The fourth-order valence-corrected chi connectivity index (χ4v) is 4.02. The van der Waals surface area contributed by atoms with Gasteiger partial charge < -0.3 is 10.5 Å². The van der Waals surface area contributed by atoms with Crippen LogP contribution in [0.15, 0.2) is 45.1 Å². The third-order valence-corrected chi connectivity index (χ3v) is 5.68. The van der Waals surface area contributed by atoms with Gasteiger partial charge in [0, 0.05) is 17.2 Å². The van der Waals surface area contributed by atoms with Crippen molar-refractivity contribution in [3.63, 3.8) is 0 Å². The van der Waals surface area contributed by atoms with Crippen LogP contribution in [0, 0.1) is 0 Å². The van der Waals surface area contributed by atoms with Crippen LogP contribution in [0.3, 0.4) is 0 Å². The van der Waals surface area contributed by atoms with E-state index in [0.717, 1.165) is 8.66 Å². The zero-order valence-corrected chi connectivity index (χ0v) is 14.8. The monoisotopic (exact) mass is 389 g/mol. The van der Waals surface area contributed by atoms with Crippen molar-refractivity contribution in [1.82, 2.24) is 0 Å². The summed E-state index contributed by atoms with van der Waals surface area (Å²) < 4.78 is 29.8. The van der Waals surface area contributed by atoms with Gasteiger partial charge in [-0.15, -0.1) is 11.3 Å². The van der Waals surface area contributed by atoms with Crippen molar-refractivity contribution in [2.45, 2.75) is 24.0 Å². The summed E-state index contributed by atoms with van der Waals surface area (Å²) in [7, 11) is -3.20. The minimum atomic E-state index is -3.20. The van der Waals surface area contributed by atoms with Gasteiger partial charge in [-0.3, -0.25) is 0 Å². The topological polar surface area (TPSA) is 69.4 Å². The molecule has 0 fully saturated rings. The quantitative estimate of drug-likeness (QED) is 0.850. The number of halogens is 1. The van der Waals surface area contributed by atoms with Crippen LogP contribution >= 0.6 is 27.3 Å². The summed E-state index contributed by atoms with van der Waals surface area (Å²) in [6, 6.07) is 10.1. The molecule has 114 valence electrons. The van der Waals surface area contributed by atoms with Crippen LogP contribution < -0.4 is 10.5 Å². The average molecular weight is 390 g/mol. The van der Waals surface area contributed by atoms with E-state index in [-0.39, 0.29) is 17.0 Å². The lowest BCUT2D eigenvalue weighted by atomic mass is 10.1. The van der Waals surface area contributed by atoms with Gasteiger partial charge in [0.2, 0.25) is 0 Å². The van der Waals surface area contributed by atoms with Gasteiger partial charge in [0.1, 0.15) is 11.9 Å². The number of hydrogen-bond acceptors (Lipinski definition) is 5. The van der Waals surface area contributed by atoms with Gasteiger partial charge in [-0.1, -0.05) is 0 Å². The Kier molecular flexibility index (Phi) is 5.08. The number of hydrogen-bond donors (Lipinski definition) is 1. The van der Waals surface area contributed by atoms with E-state index in [1.807, 2.05) is 19.1 Å². The Morgan fingerprint density at radius 2 is 1.81 bits per heavy atom. The van der Waals surface area contributed by atoms with E-state index in [0.29, 0.717) is 5.75 Å². The molecule has 1 aromatic carbocycles. The van der Waals surface area contributed by atoms with Crippen molar-refractivity contribution >= 4 is 37.1 Å². The van der Waals surface area contributed by atoms with Gasteiger partial charge in [0.15, 0.2) is 9.84 Å². The van der Waals surface area contributed by atoms with Gasteiger partial charge in [-0.05, 0) is 59.3 Å². The Labute approximate surface area is 137 Å². The maximum Gasteiger partial charge on any atom is 0.175 e. The van der Waals surface area contributed by atoms with E-state index >= 15 is 0 Å². The molecule has 2 atom stereocenters. The van der Waals surface area contributed by atoms with Crippen LogP contribution in [0.1, 0.15) is 17.9 Å². The largest absolute Gasteiger partial charge is 0.483 e. The summed E-state index contributed by atoms with van der Waals surface area (Å²) in [4.78, 5) is 1.29. The molecule has 0 aliphatic carbocycles. The van der Waals surface area contributed by atoms with Crippen LogP contribution in [0.2, 0.25) is 0 Å². The van der Waals surface area contributed by atoms with Crippen molar-refractivity contribution in [2.75, 3.05) is 6.26 Å². The molecule has 0 saturated heterocycles. The lowest BCUT2D eigenvalue weighted by Crippen LogP contribution is -2.28. The molecule has 2 N–H and O–H groups in total. The fraction of sp³-hybridized carbons (Fsp3) is 0.286. The Morgan fingerprint density at radius 1 is 1.19 bits per heavy atom. The fourth-order valence-electron chi connectivity index (χ4n) is 1.82. The molecule has 0 radical (unpaired) electrons. The summed E-state index contributed by atoms with van der Waals surface area (Å²) in [6.07, 6.45) is 0.905. The van der Waals surface area contributed by atoms with Gasteiger partial charge in [0.25, 0.3) is 0 Å². The highest BCUT2D eigenvalue weighted by atomic mass is 79.9. The van der Waals surface area contributed by atoms with Crippen LogP contribution in [0.25, 0.3) is 0 Å². The Hall–Kier alpha value is -0.890. The van der Waals surface area contributed by atoms with E-state index < -0.39 is 9.84 Å². The van der Waals surface area contributed by atoms with E-state index in [4.69, 9.17) is 10.5 Å². The lowest BCUT2D eigenvalue weighted by molar-refractivity contribution is 0.184. The Morgan fingerprint density at radius 3 is 2.24 bits per heavy atom. The standard InChI is InChI=1S/C14H16BrNO3S2/c1-9(16)14(12-7-8-13(15)20-12)19-10-3-5-11(6-4-10)21(2,17)18/h3-9,14H,16H2,1-2H3. The number of nitrogens with two attached hydrogens (primary N) is 1. The molecule has 1 aromatic heterocycles. The third-order valence-electron chi connectivity index (χ3n) is 2.87. The predicted molar refractivity (Wildman–Crippen MR) is 88.6 cm³/mol. The maximum absolute atomic E-state index is 11.4. The van der Waals surface area contributed by atoms with Crippen molar-refractivity contribution in [1.29, 1.82) is 0 Å². The van der Waals surface area contributed by atoms with Crippen LogP contribution in [0.4, 0.5) is 0 Å². The van der Waals surface area contributed by atoms with Gasteiger partial charge >= 0.3 is 0 Å². The van der Waals surface area contributed by atoms with Crippen molar-refractivity contribution < 1.29 is 13.2 Å². The van der Waals surface area contributed by atoms with E-state index in [2.05, 4.69) is 15.9 Å². The first kappa shape index (κ1) is 16.5. The third kappa shape index (κ3) is 4.29. The first-order valence-electron chi connectivity index (χ1n) is 6.25. The Balaban J connectivity index is 2.22. The molecule has 0 amide bonds. The summed E-state index contributed by atoms with van der Waals surface area (Å²) in [5, 5.41) is 0. The SMILES string of the molecule is CC(N)C(Oc1ccc(S(C)(=O)=O)cc1)c1ccc(Br)s1. The lowest BCUT2D eigenvalue weighted by Gasteiger charge is -2.21. The normalized spacial score (nSPS) is 14.7. The van der Waals surface area contributed by atoms with Gasteiger partial charge in [-0.25, -0.2) is 8.42 Å². The minimum Gasteiger partial charge on any atom is -0.483 e. The molecule has 0 spiro atoms. The zero-order chi connectivity index (χ0) is 15.6. The first-order valence-corrected chi connectivity index (χ1v) is 9.75. The molecule has 0 aliphatic rings. The molecule has 0 aliphatic heterocycles. The Bertz CT molecular complexity index is 708. The molecule has 0 bridgehead atoms. The second-order valence-corrected chi connectivity index (χ2v) is 9.29. The summed E-state index contributed by atoms with van der Waals surface area (Å²) in [5.41, 5.74) is 6.00. The smallest absolute Gasteiger partial charge is 0.175 e. The second-order valence-electron chi connectivity index (χ2n) is 4.78. The highest BCUT2D eigenvalue weighted by Gasteiger charge is 2.20. The highest BCUT2D eigenvalue weighted by molar-refractivity contribution is 9.11. The van der Waals surface area contributed by atoms with Crippen molar-refractivity contribution in [3.05, 3.63) is 45.1 Å². The molecular weight excluding hydrogens is 374 g/mol. The molecular formula is C14H16BrNO3S2. The summed E-state index contributed by atoms with van der Waals surface area (Å²) in [5.74, 6) is 0.592. The van der Waals surface area contributed by atoms with E-state index in [1.54, 1.807) is 23.5 Å². The van der Waals surface area contributed by atoms with Gasteiger partial charge in [0.05, 0.1) is 8.68 Å². The molecule has 2 unspecified atom stereocenters. The minimum absolute atomic E-state index is 0.190. The van der Waals surface area contributed by atoms with Crippen LogP contribution in [-0.2, 0) is 9.84 Å². The van der Waals surface area contributed by atoms with Crippen LogP contribution in [0.5, 0.6) is 5.75 Å². The molecule has 4 nitrogen and oxygen atoms in total. The second kappa shape index (κ2) is 6.48. The molecule has 2 rings (SSSR count). The van der Waals surface area contributed by atoms with Gasteiger partial charge in [-0.2, -0.15) is 0 Å². The number of benzene rings is 1. The molecule has 21 heavy (non-hydrogen) atoms. The molecule has 2 aromatic rings. The zero-order valence-electron chi connectivity index (χ0n) is 11.6. The summed E-state index contributed by atoms with van der Waals surface area (Å²) in [6.45, 7) is 1.88. The molecule has 7 heteroatoms. The number of sulfone groups is 1. The molecule has 1 heterocycles.